The molecule has 3 heterocycles. The van der Waals surface area contributed by atoms with Crippen molar-refractivity contribution in [2.24, 2.45) is 0 Å². The summed E-state index contributed by atoms with van der Waals surface area (Å²) in [5.74, 6) is 0. The molecule has 0 fully saturated rings. The van der Waals surface area contributed by atoms with Gasteiger partial charge < -0.3 is 4.42 Å². The minimum Gasteiger partial charge on any atom is -0.455 e. The quantitative estimate of drug-likeness (QED) is 0.265. The number of pyridine rings is 1. The molecule has 0 atom stereocenters. The summed E-state index contributed by atoms with van der Waals surface area (Å²) >= 11 is 1.77. The average molecular weight is 422 g/mol. The summed E-state index contributed by atoms with van der Waals surface area (Å²) in [6.07, 6.45) is 1.86. The molecule has 0 aliphatic heterocycles. The second-order valence-electron chi connectivity index (χ2n) is 9.36. The minimum absolute atomic E-state index is 0.0297. The van der Waals surface area contributed by atoms with Crippen LogP contribution in [-0.2, 0) is 5.41 Å². The number of furan rings is 1. The minimum atomic E-state index is 0.0297. The predicted octanol–water partition coefficient (Wildman–Crippen LogP) is 8.62. The van der Waals surface area contributed by atoms with Crippen molar-refractivity contribution in [3.05, 3.63) is 77.3 Å². The summed E-state index contributed by atoms with van der Waals surface area (Å²) in [7, 11) is 0. The maximum atomic E-state index is 6.42. The number of thiophene rings is 1. The van der Waals surface area contributed by atoms with Gasteiger partial charge in [0.25, 0.3) is 0 Å². The van der Waals surface area contributed by atoms with Crippen LogP contribution in [0.5, 0.6) is 0 Å². The summed E-state index contributed by atoms with van der Waals surface area (Å²) in [6.45, 7) is 8.98. The Morgan fingerprint density at radius 1 is 0.903 bits per heavy atom. The van der Waals surface area contributed by atoms with E-state index in [0.717, 1.165) is 33.2 Å². The van der Waals surface area contributed by atoms with Crippen LogP contribution in [0.25, 0.3) is 54.1 Å². The van der Waals surface area contributed by atoms with Crippen LogP contribution in [0.15, 0.2) is 70.6 Å². The zero-order chi connectivity index (χ0) is 21.3. The van der Waals surface area contributed by atoms with Crippen molar-refractivity contribution in [1.82, 2.24) is 4.98 Å². The predicted molar refractivity (Wildman–Crippen MR) is 133 cm³/mol. The Morgan fingerprint density at radius 2 is 1.74 bits per heavy atom. The van der Waals surface area contributed by atoms with Crippen LogP contribution in [0.4, 0.5) is 0 Å². The Labute approximate surface area is 185 Å². The van der Waals surface area contributed by atoms with E-state index in [1.165, 1.54) is 32.0 Å². The maximum absolute atomic E-state index is 6.42. The molecule has 3 heteroatoms. The average Bonchev–Trinajstić information content (AvgIpc) is 3.32. The van der Waals surface area contributed by atoms with E-state index in [0.29, 0.717) is 0 Å². The molecule has 152 valence electrons. The molecule has 6 rings (SSSR count). The lowest BCUT2D eigenvalue weighted by Gasteiger charge is -2.22. The van der Waals surface area contributed by atoms with Gasteiger partial charge in [-0.05, 0) is 69.9 Å². The smallest absolute Gasteiger partial charge is 0.144 e. The largest absolute Gasteiger partial charge is 0.455 e. The Kier molecular flexibility index (Phi) is 3.85. The van der Waals surface area contributed by atoms with Gasteiger partial charge in [-0.15, -0.1) is 11.3 Å². The number of hydrogen-bond acceptors (Lipinski definition) is 3. The van der Waals surface area contributed by atoms with Crippen molar-refractivity contribution < 1.29 is 4.42 Å². The third-order valence-electron chi connectivity index (χ3n) is 6.21. The Bertz CT molecular complexity index is 1630. The summed E-state index contributed by atoms with van der Waals surface area (Å²) in [5, 5.41) is 8.21. The van der Waals surface area contributed by atoms with Gasteiger partial charge in [-0.25, -0.2) is 0 Å². The van der Waals surface area contributed by atoms with E-state index in [4.69, 9.17) is 9.40 Å². The zero-order valence-corrected chi connectivity index (χ0v) is 18.9. The van der Waals surface area contributed by atoms with E-state index in [2.05, 4.69) is 81.6 Å². The highest BCUT2D eigenvalue weighted by Gasteiger charge is 2.21. The third-order valence-corrected chi connectivity index (χ3v) is 7.28. The number of benzene rings is 3. The second-order valence-corrected chi connectivity index (χ2v) is 10.3. The van der Waals surface area contributed by atoms with Crippen LogP contribution in [-0.4, -0.2) is 4.98 Å². The fraction of sp³-hybridized carbons (Fsp3) is 0.179. The molecule has 0 unspecified atom stereocenters. The first-order valence-corrected chi connectivity index (χ1v) is 11.5. The van der Waals surface area contributed by atoms with Gasteiger partial charge in [0.15, 0.2) is 0 Å². The van der Waals surface area contributed by atoms with E-state index in [1.807, 2.05) is 12.3 Å². The molecule has 0 radical (unpaired) electrons. The molecule has 0 saturated heterocycles. The van der Waals surface area contributed by atoms with Crippen LogP contribution in [0, 0.1) is 6.92 Å². The molecule has 0 spiro atoms. The van der Waals surface area contributed by atoms with Crippen molar-refractivity contribution >= 4 is 54.1 Å². The van der Waals surface area contributed by atoms with Crippen molar-refractivity contribution in [2.45, 2.75) is 33.1 Å². The summed E-state index contributed by atoms with van der Waals surface area (Å²) in [4.78, 5) is 4.86. The standard InChI is InChI=1S/C28H23NOS/c1-16-15-31-23-10-9-20-25-22(30-27(20)24(16)23)11-12-29-26(25)18-13-17-7-5-6-8-19(17)21(14-18)28(2,3)4/h5-15H,1-4H3. The normalized spacial score (nSPS) is 12.5. The summed E-state index contributed by atoms with van der Waals surface area (Å²) in [6, 6.07) is 19.6. The third kappa shape index (κ3) is 2.73. The van der Waals surface area contributed by atoms with E-state index >= 15 is 0 Å². The highest BCUT2D eigenvalue weighted by Crippen LogP contribution is 2.42. The molecule has 0 bridgehead atoms. The van der Waals surface area contributed by atoms with E-state index in [9.17, 15) is 0 Å². The Balaban J connectivity index is 1.73. The van der Waals surface area contributed by atoms with Gasteiger partial charge in [0.05, 0.1) is 11.1 Å². The van der Waals surface area contributed by atoms with E-state index < -0.39 is 0 Å². The monoisotopic (exact) mass is 421 g/mol. The van der Waals surface area contributed by atoms with Crippen LogP contribution < -0.4 is 0 Å². The lowest BCUT2D eigenvalue weighted by molar-refractivity contribution is 0.596. The SMILES string of the molecule is Cc1csc2ccc3c(oc4ccnc(-c5cc(C(C)(C)C)c6ccccc6c5)c43)c12. The summed E-state index contributed by atoms with van der Waals surface area (Å²) < 4.78 is 7.68. The first-order chi connectivity index (χ1) is 14.9. The number of rotatable bonds is 1. The van der Waals surface area contributed by atoms with E-state index in [1.54, 1.807) is 11.3 Å². The lowest BCUT2D eigenvalue weighted by atomic mass is 9.82. The molecule has 0 aliphatic rings. The lowest BCUT2D eigenvalue weighted by Crippen LogP contribution is -2.12. The number of fused-ring (bicyclic) bond motifs is 6. The molecule has 3 aromatic carbocycles. The van der Waals surface area contributed by atoms with Crippen molar-refractivity contribution in [3.63, 3.8) is 0 Å². The van der Waals surface area contributed by atoms with Crippen LogP contribution in [0.1, 0.15) is 31.9 Å². The second kappa shape index (κ2) is 6.41. The molecule has 0 amide bonds. The Hall–Kier alpha value is -3.17. The molecule has 0 aliphatic carbocycles. The van der Waals surface area contributed by atoms with Crippen molar-refractivity contribution in [2.75, 3.05) is 0 Å². The number of aryl methyl sites for hydroxylation is 1. The van der Waals surface area contributed by atoms with Gasteiger partial charge in [0, 0.05) is 27.2 Å². The molecule has 0 N–H and O–H groups in total. The fourth-order valence-corrected chi connectivity index (χ4v) is 5.68. The highest BCUT2D eigenvalue weighted by molar-refractivity contribution is 7.17. The topological polar surface area (TPSA) is 26.0 Å². The van der Waals surface area contributed by atoms with Gasteiger partial charge in [-0.1, -0.05) is 45.0 Å². The number of hydrogen-bond donors (Lipinski definition) is 0. The van der Waals surface area contributed by atoms with Gasteiger partial charge in [0.1, 0.15) is 11.2 Å². The van der Waals surface area contributed by atoms with Crippen molar-refractivity contribution in [1.29, 1.82) is 0 Å². The maximum Gasteiger partial charge on any atom is 0.144 e. The molecule has 2 nitrogen and oxygen atoms in total. The van der Waals surface area contributed by atoms with Gasteiger partial charge in [-0.2, -0.15) is 0 Å². The molecule has 3 aromatic heterocycles. The molecular weight excluding hydrogens is 398 g/mol. The zero-order valence-electron chi connectivity index (χ0n) is 18.1. The van der Waals surface area contributed by atoms with Crippen molar-refractivity contribution in [3.8, 4) is 11.3 Å². The van der Waals surface area contributed by atoms with Gasteiger partial charge >= 0.3 is 0 Å². The van der Waals surface area contributed by atoms with Gasteiger partial charge in [-0.3, -0.25) is 4.98 Å². The highest BCUT2D eigenvalue weighted by atomic mass is 32.1. The molecular formula is C28H23NOS. The van der Waals surface area contributed by atoms with Crippen LogP contribution >= 0.6 is 11.3 Å². The first kappa shape index (κ1) is 18.6. The molecule has 31 heavy (non-hydrogen) atoms. The number of aromatic nitrogens is 1. The van der Waals surface area contributed by atoms with Gasteiger partial charge in [0.2, 0.25) is 0 Å². The van der Waals surface area contributed by atoms with Crippen LogP contribution in [0.2, 0.25) is 0 Å². The fourth-order valence-electron chi connectivity index (χ4n) is 4.74. The summed E-state index contributed by atoms with van der Waals surface area (Å²) in [5.41, 5.74) is 6.62. The number of nitrogens with zero attached hydrogens (tertiary/aromatic N) is 1. The molecule has 6 aromatic rings. The van der Waals surface area contributed by atoms with E-state index in [-0.39, 0.29) is 5.41 Å². The molecule has 0 saturated carbocycles. The first-order valence-electron chi connectivity index (χ1n) is 10.6. The Morgan fingerprint density at radius 3 is 2.58 bits per heavy atom. The van der Waals surface area contributed by atoms with Crippen LogP contribution in [0.3, 0.4) is 0 Å².